The summed E-state index contributed by atoms with van der Waals surface area (Å²) in [6, 6.07) is 15.9. The van der Waals surface area contributed by atoms with Gasteiger partial charge in [0.15, 0.2) is 6.61 Å². The summed E-state index contributed by atoms with van der Waals surface area (Å²) >= 11 is 0. The number of carbonyl (C=O) groups is 1. The maximum atomic E-state index is 12.2. The number of nitrogens with zero attached hydrogens (tertiary/aromatic N) is 1. The maximum Gasteiger partial charge on any atom is 0.260 e. The first-order valence-corrected chi connectivity index (χ1v) is 9.61. The second-order valence-electron chi connectivity index (χ2n) is 6.78. The number of likely N-dealkylation sites (tertiary alicyclic amines) is 1. The van der Waals surface area contributed by atoms with Crippen LogP contribution in [0.2, 0.25) is 0 Å². The highest BCUT2D eigenvalue weighted by molar-refractivity contribution is 5.78. The number of rotatable bonds is 9. The van der Waals surface area contributed by atoms with Crippen molar-refractivity contribution in [3.8, 4) is 11.5 Å². The number of benzene rings is 2. The number of para-hydroxylation sites is 2. The molecule has 2 aromatic carbocycles. The molecule has 0 aromatic heterocycles. The average Bonchev–Trinajstić information content (AvgIpc) is 3.23. The van der Waals surface area contributed by atoms with Gasteiger partial charge in [0.1, 0.15) is 18.1 Å². The van der Waals surface area contributed by atoms with E-state index in [0.717, 1.165) is 55.1 Å². The molecule has 3 rings (SSSR count). The fraction of sp³-hybridized carbons (Fsp3) is 0.409. The van der Waals surface area contributed by atoms with Crippen molar-refractivity contribution in [1.29, 1.82) is 0 Å². The monoisotopic (exact) mass is 368 g/mol. The molecule has 1 aliphatic rings. The molecule has 144 valence electrons. The van der Waals surface area contributed by atoms with Crippen LogP contribution in [0.3, 0.4) is 0 Å². The molecule has 1 saturated heterocycles. The Morgan fingerprint density at radius 2 is 1.70 bits per heavy atom. The summed E-state index contributed by atoms with van der Waals surface area (Å²) in [4.78, 5) is 14.0. The zero-order valence-corrected chi connectivity index (χ0v) is 15.9. The van der Waals surface area contributed by atoms with Gasteiger partial charge in [0.05, 0.1) is 0 Å². The zero-order chi connectivity index (χ0) is 18.9. The number of hydrogen-bond donors (Lipinski definition) is 1. The standard InChI is InChI=1S/C22H28N2O3/c1-18-8-2-4-10-20(18)26-15-12-23-16-19-9-3-5-11-21(19)27-17-22(25)24-13-6-7-14-24/h2-5,8-11,23H,6-7,12-17H2,1H3. The molecule has 1 amide bonds. The lowest BCUT2D eigenvalue weighted by atomic mass is 10.2. The van der Waals surface area contributed by atoms with Crippen molar-refractivity contribution in [1.82, 2.24) is 10.2 Å². The van der Waals surface area contributed by atoms with Crippen molar-refractivity contribution in [3.63, 3.8) is 0 Å². The lowest BCUT2D eigenvalue weighted by Crippen LogP contribution is -2.32. The molecule has 0 spiro atoms. The molecule has 0 atom stereocenters. The molecule has 0 bridgehead atoms. The second kappa shape index (κ2) is 9.97. The van der Waals surface area contributed by atoms with Crippen LogP contribution in [0.4, 0.5) is 0 Å². The smallest absolute Gasteiger partial charge is 0.260 e. The first-order chi connectivity index (χ1) is 13.2. The van der Waals surface area contributed by atoms with E-state index >= 15 is 0 Å². The van der Waals surface area contributed by atoms with Gasteiger partial charge < -0.3 is 19.7 Å². The summed E-state index contributed by atoms with van der Waals surface area (Å²) in [5, 5.41) is 3.37. The van der Waals surface area contributed by atoms with Gasteiger partial charge in [-0.2, -0.15) is 0 Å². The molecule has 27 heavy (non-hydrogen) atoms. The maximum absolute atomic E-state index is 12.2. The van der Waals surface area contributed by atoms with Crippen LogP contribution in [0.1, 0.15) is 24.0 Å². The highest BCUT2D eigenvalue weighted by Gasteiger charge is 2.18. The van der Waals surface area contributed by atoms with E-state index in [9.17, 15) is 4.79 Å². The largest absolute Gasteiger partial charge is 0.492 e. The summed E-state index contributed by atoms with van der Waals surface area (Å²) in [7, 11) is 0. The third-order valence-electron chi connectivity index (χ3n) is 4.73. The molecule has 1 heterocycles. The van der Waals surface area contributed by atoms with Crippen LogP contribution in [-0.2, 0) is 11.3 Å². The molecule has 1 fully saturated rings. The van der Waals surface area contributed by atoms with Crippen molar-refractivity contribution in [2.75, 3.05) is 32.8 Å². The zero-order valence-electron chi connectivity index (χ0n) is 15.9. The highest BCUT2D eigenvalue weighted by atomic mass is 16.5. The van der Waals surface area contributed by atoms with E-state index in [2.05, 4.69) is 5.32 Å². The Hall–Kier alpha value is -2.53. The summed E-state index contributed by atoms with van der Waals surface area (Å²) in [5.74, 6) is 1.75. The van der Waals surface area contributed by atoms with E-state index in [0.29, 0.717) is 13.2 Å². The Bertz CT molecular complexity index is 742. The first kappa shape index (κ1) is 19.2. The number of amides is 1. The first-order valence-electron chi connectivity index (χ1n) is 9.61. The SMILES string of the molecule is Cc1ccccc1OCCNCc1ccccc1OCC(=O)N1CCCC1. The number of aryl methyl sites for hydroxylation is 1. The summed E-state index contributed by atoms with van der Waals surface area (Å²) < 4.78 is 11.6. The topological polar surface area (TPSA) is 50.8 Å². The molecule has 5 nitrogen and oxygen atoms in total. The molecule has 1 N–H and O–H groups in total. The van der Waals surface area contributed by atoms with Crippen molar-refractivity contribution in [2.24, 2.45) is 0 Å². The van der Waals surface area contributed by atoms with Gasteiger partial charge in [0.25, 0.3) is 5.91 Å². The normalized spacial score (nSPS) is 13.6. The number of carbonyl (C=O) groups excluding carboxylic acids is 1. The highest BCUT2D eigenvalue weighted by Crippen LogP contribution is 2.19. The predicted molar refractivity (Wildman–Crippen MR) is 106 cm³/mol. The summed E-state index contributed by atoms with van der Waals surface area (Å²) in [5.41, 5.74) is 2.18. The molecule has 5 heteroatoms. The molecule has 2 aromatic rings. The third-order valence-corrected chi connectivity index (χ3v) is 4.73. The Kier molecular flexibility index (Phi) is 7.11. The van der Waals surface area contributed by atoms with Crippen molar-refractivity contribution >= 4 is 5.91 Å². The van der Waals surface area contributed by atoms with E-state index in [4.69, 9.17) is 9.47 Å². The van der Waals surface area contributed by atoms with Crippen LogP contribution in [0.5, 0.6) is 11.5 Å². The van der Waals surface area contributed by atoms with Gasteiger partial charge in [-0.3, -0.25) is 4.79 Å². The minimum Gasteiger partial charge on any atom is -0.492 e. The van der Waals surface area contributed by atoms with Crippen LogP contribution >= 0.6 is 0 Å². The molecule has 0 saturated carbocycles. The summed E-state index contributed by atoms with van der Waals surface area (Å²) in [6.45, 7) is 5.85. The van der Waals surface area contributed by atoms with Gasteiger partial charge in [-0.05, 0) is 37.5 Å². The van der Waals surface area contributed by atoms with Crippen LogP contribution in [-0.4, -0.2) is 43.7 Å². The van der Waals surface area contributed by atoms with Crippen molar-refractivity contribution in [3.05, 3.63) is 59.7 Å². The van der Waals surface area contributed by atoms with Gasteiger partial charge in [-0.15, -0.1) is 0 Å². The minimum absolute atomic E-state index is 0.0712. The third kappa shape index (κ3) is 5.73. The van der Waals surface area contributed by atoms with Gasteiger partial charge in [0.2, 0.25) is 0 Å². The number of nitrogens with one attached hydrogen (secondary N) is 1. The molecular formula is C22H28N2O3. The number of ether oxygens (including phenoxy) is 2. The quantitative estimate of drug-likeness (QED) is 0.691. The average molecular weight is 368 g/mol. The van der Waals surface area contributed by atoms with E-state index in [-0.39, 0.29) is 12.5 Å². The van der Waals surface area contributed by atoms with E-state index in [1.54, 1.807) is 0 Å². The Balaban J connectivity index is 1.42. The van der Waals surface area contributed by atoms with Crippen molar-refractivity contribution in [2.45, 2.75) is 26.3 Å². The molecule has 1 aliphatic heterocycles. The van der Waals surface area contributed by atoms with Crippen LogP contribution in [0.25, 0.3) is 0 Å². The van der Waals surface area contributed by atoms with Gasteiger partial charge in [0, 0.05) is 31.7 Å². The van der Waals surface area contributed by atoms with Gasteiger partial charge in [-0.25, -0.2) is 0 Å². The van der Waals surface area contributed by atoms with Crippen LogP contribution in [0, 0.1) is 6.92 Å². The molecule has 0 radical (unpaired) electrons. The van der Waals surface area contributed by atoms with Crippen LogP contribution < -0.4 is 14.8 Å². The predicted octanol–water partition coefficient (Wildman–Crippen LogP) is 3.16. The lowest BCUT2D eigenvalue weighted by Gasteiger charge is -2.17. The number of hydrogen-bond acceptors (Lipinski definition) is 4. The Morgan fingerprint density at radius 1 is 1.00 bits per heavy atom. The van der Waals surface area contributed by atoms with Gasteiger partial charge in [-0.1, -0.05) is 36.4 Å². The fourth-order valence-corrected chi connectivity index (χ4v) is 3.16. The molecular weight excluding hydrogens is 340 g/mol. The Labute approximate surface area is 161 Å². The van der Waals surface area contributed by atoms with Crippen LogP contribution in [0.15, 0.2) is 48.5 Å². The summed E-state index contributed by atoms with van der Waals surface area (Å²) in [6.07, 6.45) is 2.19. The van der Waals surface area contributed by atoms with Crippen molar-refractivity contribution < 1.29 is 14.3 Å². The Morgan fingerprint density at radius 3 is 2.48 bits per heavy atom. The molecule has 0 unspecified atom stereocenters. The fourth-order valence-electron chi connectivity index (χ4n) is 3.16. The van der Waals surface area contributed by atoms with E-state index in [1.807, 2.05) is 60.4 Å². The lowest BCUT2D eigenvalue weighted by molar-refractivity contribution is -0.132. The van der Waals surface area contributed by atoms with E-state index < -0.39 is 0 Å². The second-order valence-corrected chi connectivity index (χ2v) is 6.78. The minimum atomic E-state index is 0.0712. The molecule has 0 aliphatic carbocycles. The van der Waals surface area contributed by atoms with E-state index in [1.165, 1.54) is 0 Å². The van der Waals surface area contributed by atoms with Gasteiger partial charge >= 0.3 is 0 Å².